The number of carboxylic acids is 1. The number of hydrogen-bond donors (Lipinski definition) is 3. The van der Waals surface area contributed by atoms with E-state index in [1.807, 2.05) is 45.9 Å². The van der Waals surface area contributed by atoms with E-state index in [0.717, 1.165) is 57.2 Å². The molecule has 0 saturated heterocycles. The van der Waals surface area contributed by atoms with E-state index in [9.17, 15) is 19.5 Å². The highest BCUT2D eigenvalue weighted by Gasteiger charge is 2.38. The number of fused-ring (bicyclic) bond motifs is 8. The van der Waals surface area contributed by atoms with Gasteiger partial charge < -0.3 is 19.8 Å². The minimum Gasteiger partial charge on any atom is -0.481 e. The zero-order chi connectivity index (χ0) is 30.0. The summed E-state index contributed by atoms with van der Waals surface area (Å²) in [6.07, 6.45) is 2.75. The van der Waals surface area contributed by atoms with Crippen molar-refractivity contribution in [3.63, 3.8) is 0 Å². The van der Waals surface area contributed by atoms with Crippen LogP contribution in [0.5, 0.6) is 0 Å². The molecule has 2 aromatic rings. The normalized spacial score (nSPS) is 18.8. The highest BCUT2D eigenvalue weighted by molar-refractivity contribution is 6.18. The van der Waals surface area contributed by atoms with E-state index in [4.69, 9.17) is 14.7 Å². The number of ether oxygens (including phenoxy) is 1. The first kappa shape index (κ1) is 27.4. The van der Waals surface area contributed by atoms with Crippen LogP contribution >= 0.6 is 0 Å². The van der Waals surface area contributed by atoms with Gasteiger partial charge in [-0.1, -0.05) is 26.5 Å². The van der Waals surface area contributed by atoms with Gasteiger partial charge in [0.15, 0.2) is 0 Å². The Hall–Kier alpha value is -4.79. The Labute approximate surface area is 242 Å². The number of cyclic esters (lactones) is 2. The number of carboxylic acid groups (broad SMARTS) is 1. The molecule has 214 valence electrons. The summed E-state index contributed by atoms with van der Waals surface area (Å²) in [6.45, 7) is 13.9. The van der Waals surface area contributed by atoms with Crippen LogP contribution in [0.4, 0.5) is 0 Å². The minimum absolute atomic E-state index is 0.0817. The number of aromatic nitrogens is 4. The second-order valence-corrected chi connectivity index (χ2v) is 11.2. The Morgan fingerprint density at radius 1 is 1.00 bits per heavy atom. The first-order chi connectivity index (χ1) is 20.0. The molecular formula is C33H32N4O5. The zero-order valence-corrected chi connectivity index (χ0v) is 24.3. The number of hydrogen-bond acceptors (Lipinski definition) is 6. The molecule has 9 nitrogen and oxygen atoms in total. The van der Waals surface area contributed by atoms with Crippen molar-refractivity contribution in [2.75, 3.05) is 0 Å². The van der Waals surface area contributed by atoms with Gasteiger partial charge in [-0.3, -0.25) is 4.79 Å². The van der Waals surface area contributed by atoms with Crippen LogP contribution in [0.25, 0.3) is 33.3 Å². The van der Waals surface area contributed by atoms with Crippen LogP contribution in [0.15, 0.2) is 30.9 Å². The molecule has 0 aromatic carbocycles. The fraction of sp³-hybridized carbons (Fsp3) is 0.303. The number of nitrogens with one attached hydrogen (secondary N) is 2. The van der Waals surface area contributed by atoms with Gasteiger partial charge in [0.05, 0.1) is 33.9 Å². The summed E-state index contributed by atoms with van der Waals surface area (Å²) >= 11 is 0. The van der Waals surface area contributed by atoms with Gasteiger partial charge in [0.1, 0.15) is 5.56 Å². The van der Waals surface area contributed by atoms with Gasteiger partial charge in [0.2, 0.25) is 0 Å². The Morgan fingerprint density at radius 2 is 1.69 bits per heavy atom. The standard InChI is InChI=1S/C33H32N4O5/c1-7-18-14(3)21-11-23-16(5)20(9-10-27(38)39)30(36-23)29-31-28(32(40)42-33(29)41)17(6)24(37-31)13-26-19(8-2)15(4)22(35-26)12-25(18)34-21/h7,11-13,16,20,36-37H,1,8-10H2,2-6H3,(H,38,39)/t16-,20?/m0/s1. The summed E-state index contributed by atoms with van der Waals surface area (Å²) < 4.78 is 5.27. The summed E-state index contributed by atoms with van der Waals surface area (Å²) in [6, 6.07) is 5.84. The van der Waals surface area contributed by atoms with Crippen LogP contribution in [-0.2, 0) is 9.53 Å². The highest BCUT2D eigenvalue weighted by Crippen LogP contribution is 2.44. The number of carbonyl (C=O) groups excluding carboxylic acids is 2. The van der Waals surface area contributed by atoms with Gasteiger partial charge in [-0.2, -0.15) is 0 Å². The van der Waals surface area contributed by atoms with Crippen molar-refractivity contribution in [3.05, 3.63) is 81.7 Å². The number of aromatic amines is 2. The molecule has 0 saturated carbocycles. The average Bonchev–Trinajstić information content (AvgIpc) is 3.61. The smallest absolute Gasteiger partial charge is 0.349 e. The maximum absolute atomic E-state index is 13.4. The fourth-order valence-electron chi connectivity index (χ4n) is 6.51. The molecule has 8 bridgehead atoms. The summed E-state index contributed by atoms with van der Waals surface area (Å²) in [7, 11) is 0. The van der Waals surface area contributed by atoms with E-state index in [-0.39, 0.29) is 29.4 Å². The maximum Gasteiger partial charge on any atom is 0.349 e. The Balaban J connectivity index is 1.80. The molecule has 0 amide bonds. The second-order valence-electron chi connectivity index (χ2n) is 11.2. The summed E-state index contributed by atoms with van der Waals surface area (Å²) in [5.41, 5.74) is 10.5. The quantitative estimate of drug-likeness (QED) is 0.266. The van der Waals surface area contributed by atoms with Gasteiger partial charge >= 0.3 is 17.9 Å². The number of allylic oxidation sites excluding steroid dienone is 5. The number of rotatable bonds is 5. The predicted octanol–water partition coefficient (Wildman–Crippen LogP) is 6.87. The third-order valence-electron chi connectivity index (χ3n) is 8.91. The van der Waals surface area contributed by atoms with Gasteiger partial charge in [0.25, 0.3) is 0 Å². The van der Waals surface area contributed by atoms with E-state index in [2.05, 4.69) is 23.5 Å². The summed E-state index contributed by atoms with van der Waals surface area (Å²) in [5.74, 6) is -2.92. The average molecular weight is 565 g/mol. The van der Waals surface area contributed by atoms with E-state index in [1.165, 1.54) is 0 Å². The number of nitrogens with zero attached hydrogens (tertiary/aromatic N) is 2. The summed E-state index contributed by atoms with van der Waals surface area (Å²) in [4.78, 5) is 54.7. The molecule has 2 atom stereocenters. The lowest BCUT2D eigenvalue weighted by Gasteiger charge is -2.19. The van der Waals surface area contributed by atoms with Crippen molar-refractivity contribution in [1.29, 1.82) is 0 Å². The predicted molar refractivity (Wildman–Crippen MR) is 160 cm³/mol. The second kappa shape index (κ2) is 9.94. The monoisotopic (exact) mass is 564 g/mol. The molecule has 6 heterocycles. The first-order valence-corrected chi connectivity index (χ1v) is 14.1. The zero-order valence-electron chi connectivity index (χ0n) is 24.3. The fourth-order valence-corrected chi connectivity index (χ4v) is 6.51. The number of H-pyrrole nitrogens is 2. The van der Waals surface area contributed by atoms with Crippen LogP contribution in [-0.4, -0.2) is 43.0 Å². The van der Waals surface area contributed by atoms with Crippen molar-refractivity contribution in [2.45, 2.75) is 65.7 Å². The molecule has 9 heteroatoms. The van der Waals surface area contributed by atoms with Crippen molar-refractivity contribution >= 4 is 51.2 Å². The molecule has 0 fully saturated rings. The number of aliphatic carboxylic acids is 1. The van der Waals surface area contributed by atoms with Gasteiger partial charge in [-0.25, -0.2) is 19.6 Å². The lowest BCUT2D eigenvalue weighted by molar-refractivity contribution is -0.137. The van der Waals surface area contributed by atoms with Gasteiger partial charge in [0, 0.05) is 40.7 Å². The van der Waals surface area contributed by atoms with Crippen molar-refractivity contribution in [3.8, 4) is 0 Å². The largest absolute Gasteiger partial charge is 0.481 e. The lowest BCUT2D eigenvalue weighted by atomic mass is 9.85. The van der Waals surface area contributed by atoms with Crippen LogP contribution < -0.4 is 0 Å². The van der Waals surface area contributed by atoms with Crippen molar-refractivity contribution in [2.24, 2.45) is 0 Å². The van der Waals surface area contributed by atoms with Gasteiger partial charge in [-0.05, 0) is 74.1 Å². The number of carbonyl (C=O) groups is 3. The Bertz CT molecular complexity index is 1890. The van der Waals surface area contributed by atoms with E-state index < -0.39 is 17.9 Å². The lowest BCUT2D eigenvalue weighted by Crippen LogP contribution is -2.21. The third kappa shape index (κ3) is 4.10. The maximum atomic E-state index is 13.4. The van der Waals surface area contributed by atoms with Crippen molar-refractivity contribution in [1.82, 2.24) is 19.9 Å². The molecule has 2 aromatic heterocycles. The minimum atomic E-state index is -0.926. The Morgan fingerprint density at radius 3 is 2.38 bits per heavy atom. The SMILES string of the molecule is C=CC1=C(C)c2cc3[nH]c(c4c5[nH]c(cc6nc(cc1n2)C(C)=C6CC)c(C)c5C(=O)OC4=O)C(CCC(=O)O)[C@@H]3C. The van der Waals surface area contributed by atoms with E-state index >= 15 is 0 Å². The highest BCUT2D eigenvalue weighted by atomic mass is 16.6. The third-order valence-corrected chi connectivity index (χ3v) is 8.91. The van der Waals surface area contributed by atoms with Crippen LogP contribution in [0.1, 0.15) is 119 Å². The summed E-state index contributed by atoms with van der Waals surface area (Å²) in [5, 5.41) is 9.51. The topological polar surface area (TPSA) is 138 Å². The molecule has 0 radical (unpaired) electrons. The molecule has 42 heavy (non-hydrogen) atoms. The van der Waals surface area contributed by atoms with Crippen LogP contribution in [0.3, 0.4) is 0 Å². The number of esters is 2. The van der Waals surface area contributed by atoms with Crippen molar-refractivity contribution < 1.29 is 24.2 Å². The van der Waals surface area contributed by atoms with E-state index in [1.54, 1.807) is 6.08 Å². The van der Waals surface area contributed by atoms with Crippen LogP contribution in [0, 0.1) is 6.92 Å². The molecule has 4 aliphatic heterocycles. The first-order valence-electron chi connectivity index (χ1n) is 14.1. The molecule has 1 unspecified atom stereocenters. The van der Waals surface area contributed by atoms with E-state index in [0.29, 0.717) is 28.7 Å². The molecule has 4 aliphatic rings. The molecule has 0 spiro atoms. The Kier molecular flexibility index (Phi) is 6.48. The molecule has 6 rings (SSSR count). The number of aryl methyl sites for hydroxylation is 1. The molecule has 0 aliphatic carbocycles. The molecular weight excluding hydrogens is 532 g/mol. The van der Waals surface area contributed by atoms with Crippen LogP contribution in [0.2, 0.25) is 0 Å². The van der Waals surface area contributed by atoms with Gasteiger partial charge in [-0.15, -0.1) is 0 Å². The molecule has 3 N–H and O–H groups in total.